The van der Waals surface area contributed by atoms with E-state index in [1.165, 1.54) is 44.3 Å². The Morgan fingerprint density at radius 1 is 0.538 bits per heavy atom. The molecule has 0 spiro atoms. The van der Waals surface area contributed by atoms with E-state index in [-0.39, 0.29) is 0 Å². The van der Waals surface area contributed by atoms with Crippen LogP contribution in [-0.2, 0) is 0 Å². The molecule has 126 valence electrons. The van der Waals surface area contributed by atoms with Crippen LogP contribution in [0.3, 0.4) is 0 Å². The molecular formula is C24H20N2. The standard InChI is InChI=1S/C24H20N2/c1-17-15-25(23-12-5-3-10-21(17)23)19-8-7-9-20(14-19)26-16-18(2)22-11-4-6-13-24(22)26/h3-16H,1-2H3. The maximum Gasteiger partial charge on any atom is 0.0531 e. The molecule has 5 aromatic rings. The minimum absolute atomic E-state index is 1.18. The summed E-state index contributed by atoms with van der Waals surface area (Å²) in [5, 5.41) is 2.61. The molecule has 0 unspecified atom stereocenters. The van der Waals surface area contributed by atoms with Gasteiger partial charge in [-0.15, -0.1) is 0 Å². The topological polar surface area (TPSA) is 9.86 Å². The molecule has 0 aliphatic carbocycles. The molecule has 2 aromatic heterocycles. The summed E-state index contributed by atoms with van der Waals surface area (Å²) in [7, 11) is 0. The molecule has 5 rings (SSSR count). The minimum Gasteiger partial charge on any atom is -0.316 e. The van der Waals surface area contributed by atoms with Gasteiger partial charge in [0.25, 0.3) is 0 Å². The largest absolute Gasteiger partial charge is 0.316 e. The quantitative estimate of drug-likeness (QED) is 0.364. The van der Waals surface area contributed by atoms with Crippen molar-refractivity contribution in [2.24, 2.45) is 0 Å². The number of hydrogen-bond acceptors (Lipinski definition) is 0. The van der Waals surface area contributed by atoms with Crippen LogP contribution in [0.4, 0.5) is 0 Å². The Kier molecular flexibility index (Phi) is 3.26. The molecule has 0 atom stereocenters. The van der Waals surface area contributed by atoms with Crippen LogP contribution < -0.4 is 0 Å². The van der Waals surface area contributed by atoms with Gasteiger partial charge in [0.1, 0.15) is 0 Å². The third kappa shape index (κ3) is 2.19. The van der Waals surface area contributed by atoms with E-state index in [4.69, 9.17) is 0 Å². The number of fused-ring (bicyclic) bond motifs is 2. The van der Waals surface area contributed by atoms with Gasteiger partial charge in [0.05, 0.1) is 11.0 Å². The Morgan fingerprint density at radius 2 is 1.00 bits per heavy atom. The molecule has 0 saturated carbocycles. The van der Waals surface area contributed by atoms with Crippen molar-refractivity contribution >= 4 is 21.8 Å². The zero-order valence-corrected chi connectivity index (χ0v) is 15.0. The molecule has 0 amide bonds. The molecule has 0 aliphatic rings. The zero-order chi connectivity index (χ0) is 17.7. The van der Waals surface area contributed by atoms with Crippen molar-refractivity contribution in [3.05, 3.63) is 96.3 Å². The first-order valence-corrected chi connectivity index (χ1v) is 8.96. The Balaban J connectivity index is 1.72. The second-order valence-corrected chi connectivity index (χ2v) is 6.92. The van der Waals surface area contributed by atoms with Crippen molar-refractivity contribution < 1.29 is 0 Å². The van der Waals surface area contributed by atoms with Crippen LogP contribution in [-0.4, -0.2) is 9.13 Å². The highest BCUT2D eigenvalue weighted by Gasteiger charge is 2.10. The second kappa shape index (κ2) is 5.63. The molecule has 0 bridgehead atoms. The first-order chi connectivity index (χ1) is 12.7. The number of aryl methyl sites for hydroxylation is 2. The van der Waals surface area contributed by atoms with Crippen molar-refractivity contribution in [2.45, 2.75) is 13.8 Å². The SMILES string of the molecule is Cc1cn(-c2cccc(-n3cc(C)c4ccccc43)c2)c2ccccc12. The first-order valence-electron chi connectivity index (χ1n) is 8.96. The maximum absolute atomic E-state index is 2.28. The molecule has 2 heterocycles. The highest BCUT2D eigenvalue weighted by Crippen LogP contribution is 2.28. The van der Waals surface area contributed by atoms with E-state index in [1.54, 1.807) is 0 Å². The van der Waals surface area contributed by atoms with Crippen LogP contribution >= 0.6 is 0 Å². The van der Waals surface area contributed by atoms with E-state index in [0.29, 0.717) is 0 Å². The number of para-hydroxylation sites is 2. The monoisotopic (exact) mass is 336 g/mol. The van der Waals surface area contributed by atoms with Gasteiger partial charge in [-0.05, 0) is 55.3 Å². The molecule has 3 aromatic carbocycles. The average Bonchev–Trinajstić information content (AvgIpc) is 3.20. The second-order valence-electron chi connectivity index (χ2n) is 6.92. The number of hydrogen-bond donors (Lipinski definition) is 0. The van der Waals surface area contributed by atoms with Gasteiger partial charge < -0.3 is 9.13 Å². The first kappa shape index (κ1) is 15.0. The van der Waals surface area contributed by atoms with E-state index in [1.807, 2.05) is 0 Å². The summed E-state index contributed by atoms with van der Waals surface area (Å²) in [6.07, 6.45) is 4.45. The van der Waals surface area contributed by atoms with Crippen LogP contribution in [0.15, 0.2) is 85.2 Å². The van der Waals surface area contributed by atoms with Gasteiger partial charge in [-0.2, -0.15) is 0 Å². The van der Waals surface area contributed by atoms with Gasteiger partial charge in [0.2, 0.25) is 0 Å². The smallest absolute Gasteiger partial charge is 0.0531 e. The number of aromatic nitrogens is 2. The summed E-state index contributed by atoms with van der Waals surface area (Å²) in [5.74, 6) is 0. The van der Waals surface area contributed by atoms with Crippen molar-refractivity contribution in [3.8, 4) is 11.4 Å². The van der Waals surface area contributed by atoms with Crippen molar-refractivity contribution in [2.75, 3.05) is 0 Å². The van der Waals surface area contributed by atoms with Crippen LogP contribution in [0.1, 0.15) is 11.1 Å². The number of rotatable bonds is 2. The molecule has 2 heteroatoms. The highest BCUT2D eigenvalue weighted by atomic mass is 15.0. The molecule has 0 radical (unpaired) electrons. The van der Waals surface area contributed by atoms with Crippen LogP contribution in [0.25, 0.3) is 33.2 Å². The molecule has 26 heavy (non-hydrogen) atoms. The maximum atomic E-state index is 2.28. The van der Waals surface area contributed by atoms with Gasteiger partial charge in [-0.1, -0.05) is 42.5 Å². The molecule has 0 N–H and O–H groups in total. The highest BCUT2D eigenvalue weighted by molar-refractivity contribution is 5.86. The van der Waals surface area contributed by atoms with E-state index >= 15 is 0 Å². The average molecular weight is 336 g/mol. The van der Waals surface area contributed by atoms with Gasteiger partial charge in [0.15, 0.2) is 0 Å². The van der Waals surface area contributed by atoms with E-state index in [9.17, 15) is 0 Å². The molecule has 2 nitrogen and oxygen atoms in total. The Morgan fingerprint density at radius 3 is 1.50 bits per heavy atom. The van der Waals surface area contributed by atoms with Crippen molar-refractivity contribution in [1.82, 2.24) is 9.13 Å². The lowest BCUT2D eigenvalue weighted by atomic mass is 10.2. The van der Waals surface area contributed by atoms with Gasteiger partial charge in [-0.25, -0.2) is 0 Å². The van der Waals surface area contributed by atoms with Crippen LogP contribution in [0.5, 0.6) is 0 Å². The predicted octanol–water partition coefficient (Wildman–Crippen LogP) is 6.19. The van der Waals surface area contributed by atoms with Gasteiger partial charge >= 0.3 is 0 Å². The summed E-state index contributed by atoms with van der Waals surface area (Å²) in [5.41, 5.74) is 7.46. The van der Waals surface area contributed by atoms with E-state index in [0.717, 1.165) is 0 Å². The van der Waals surface area contributed by atoms with Crippen molar-refractivity contribution in [1.29, 1.82) is 0 Å². The molecule has 0 fully saturated rings. The summed E-state index contributed by atoms with van der Waals surface area (Å²) in [4.78, 5) is 0. The third-order valence-electron chi connectivity index (χ3n) is 5.21. The summed E-state index contributed by atoms with van der Waals surface area (Å²) in [6.45, 7) is 4.34. The normalized spacial score (nSPS) is 11.5. The lowest BCUT2D eigenvalue weighted by Gasteiger charge is -2.10. The van der Waals surface area contributed by atoms with Gasteiger partial charge in [-0.3, -0.25) is 0 Å². The molecule has 0 aliphatic heterocycles. The summed E-state index contributed by atoms with van der Waals surface area (Å²) in [6, 6.07) is 25.9. The molecular weight excluding hydrogens is 316 g/mol. The van der Waals surface area contributed by atoms with E-state index in [2.05, 4.69) is 108 Å². The lowest BCUT2D eigenvalue weighted by molar-refractivity contribution is 1.08. The van der Waals surface area contributed by atoms with E-state index < -0.39 is 0 Å². The predicted molar refractivity (Wildman–Crippen MR) is 110 cm³/mol. The Hall–Kier alpha value is -3.26. The number of benzene rings is 3. The third-order valence-corrected chi connectivity index (χ3v) is 5.21. The van der Waals surface area contributed by atoms with Gasteiger partial charge in [0, 0.05) is 34.5 Å². The molecule has 0 saturated heterocycles. The summed E-state index contributed by atoms with van der Waals surface area (Å²) >= 11 is 0. The van der Waals surface area contributed by atoms with Crippen LogP contribution in [0, 0.1) is 13.8 Å². The number of nitrogens with zero attached hydrogens (tertiary/aromatic N) is 2. The Bertz CT molecular complexity index is 1160. The zero-order valence-electron chi connectivity index (χ0n) is 15.0. The fraction of sp³-hybridized carbons (Fsp3) is 0.0833. The summed E-state index contributed by atoms with van der Waals surface area (Å²) < 4.78 is 4.57. The fourth-order valence-electron chi connectivity index (χ4n) is 3.92. The Labute approximate surface area is 152 Å². The van der Waals surface area contributed by atoms with Crippen molar-refractivity contribution in [3.63, 3.8) is 0 Å². The fourth-order valence-corrected chi connectivity index (χ4v) is 3.92. The van der Waals surface area contributed by atoms with Crippen LogP contribution in [0.2, 0.25) is 0 Å². The minimum atomic E-state index is 1.18. The lowest BCUT2D eigenvalue weighted by Crippen LogP contribution is -1.96.